The van der Waals surface area contributed by atoms with Crippen LogP contribution in [0.4, 0.5) is 0 Å². The number of ether oxygens (including phenoxy) is 2. The lowest BCUT2D eigenvalue weighted by molar-refractivity contribution is -0.265. The number of esters is 1. The second-order valence-electron chi connectivity index (χ2n) is 3.31. The van der Waals surface area contributed by atoms with Gasteiger partial charge < -0.3 is 24.8 Å². The third kappa shape index (κ3) is 1.88. The normalized spacial score (nSPS) is 43.4. The zero-order valence-electron chi connectivity index (χ0n) is 7.95. The Bertz CT molecular complexity index is 218. The van der Waals surface area contributed by atoms with Crippen LogP contribution in [0.2, 0.25) is 0 Å². The second kappa shape index (κ2) is 4.22. The Morgan fingerprint density at radius 1 is 1.29 bits per heavy atom. The molecule has 82 valence electrons. The molecule has 0 aromatic carbocycles. The molecule has 14 heavy (non-hydrogen) atoms. The lowest BCUT2D eigenvalue weighted by Gasteiger charge is -2.37. The van der Waals surface area contributed by atoms with Gasteiger partial charge in [-0.3, -0.25) is 0 Å². The first-order chi connectivity index (χ1) is 6.49. The average Bonchev–Trinajstić information content (AvgIpc) is 2.19. The molecule has 5 atom stereocenters. The summed E-state index contributed by atoms with van der Waals surface area (Å²) in [5, 5.41) is 28.0. The summed E-state index contributed by atoms with van der Waals surface area (Å²) >= 11 is 0. The molecule has 0 spiro atoms. The molecule has 3 N–H and O–H groups in total. The van der Waals surface area contributed by atoms with Crippen LogP contribution in [0.15, 0.2) is 0 Å². The number of aliphatic hydroxyl groups is 3. The highest BCUT2D eigenvalue weighted by Gasteiger charge is 2.45. The van der Waals surface area contributed by atoms with E-state index in [2.05, 4.69) is 4.74 Å². The molecule has 0 aliphatic carbocycles. The van der Waals surface area contributed by atoms with E-state index in [1.807, 2.05) is 0 Å². The maximum atomic E-state index is 11.1. The van der Waals surface area contributed by atoms with E-state index >= 15 is 0 Å². The van der Waals surface area contributed by atoms with Crippen molar-refractivity contribution in [1.82, 2.24) is 0 Å². The number of carbonyl (C=O) groups excluding carboxylic acids is 1. The fraction of sp³-hybridized carbons (Fsp3) is 0.875. The van der Waals surface area contributed by atoms with Crippen molar-refractivity contribution in [1.29, 1.82) is 0 Å². The van der Waals surface area contributed by atoms with Crippen LogP contribution in [0, 0.1) is 5.92 Å². The molecular formula is C8H14O6. The maximum absolute atomic E-state index is 11.1. The average molecular weight is 206 g/mol. The van der Waals surface area contributed by atoms with Gasteiger partial charge in [0.15, 0.2) is 12.4 Å². The first-order valence-corrected chi connectivity index (χ1v) is 4.26. The molecule has 0 radical (unpaired) electrons. The summed E-state index contributed by atoms with van der Waals surface area (Å²) in [6.07, 6.45) is -5.10. The van der Waals surface area contributed by atoms with Gasteiger partial charge in [0, 0.05) is 5.92 Å². The van der Waals surface area contributed by atoms with Crippen molar-refractivity contribution in [3.05, 3.63) is 0 Å². The van der Waals surface area contributed by atoms with Crippen LogP contribution < -0.4 is 0 Å². The van der Waals surface area contributed by atoms with E-state index in [-0.39, 0.29) is 0 Å². The number of methoxy groups -OCH3 is 1. The summed E-state index contributed by atoms with van der Waals surface area (Å²) in [7, 11) is 1.15. The van der Waals surface area contributed by atoms with Crippen LogP contribution in [0.25, 0.3) is 0 Å². The summed E-state index contributed by atoms with van der Waals surface area (Å²) in [6.45, 7) is 1.51. The smallest absolute Gasteiger partial charge is 0.337 e. The Morgan fingerprint density at radius 3 is 2.36 bits per heavy atom. The first-order valence-electron chi connectivity index (χ1n) is 4.26. The molecule has 1 aliphatic rings. The fourth-order valence-corrected chi connectivity index (χ4v) is 1.36. The molecular weight excluding hydrogens is 192 g/mol. The minimum Gasteiger partial charge on any atom is -0.467 e. The van der Waals surface area contributed by atoms with Crippen LogP contribution >= 0.6 is 0 Å². The van der Waals surface area contributed by atoms with E-state index in [1.165, 1.54) is 6.92 Å². The predicted octanol–water partition coefficient (Wildman–Crippen LogP) is -1.77. The highest BCUT2D eigenvalue weighted by molar-refractivity contribution is 5.75. The number of hydrogen-bond donors (Lipinski definition) is 3. The largest absolute Gasteiger partial charge is 0.467 e. The molecule has 0 bridgehead atoms. The highest BCUT2D eigenvalue weighted by atomic mass is 16.7. The third-order valence-electron chi connectivity index (χ3n) is 2.40. The van der Waals surface area contributed by atoms with Crippen molar-refractivity contribution >= 4 is 5.97 Å². The Labute approximate surface area is 81.1 Å². The predicted molar refractivity (Wildman–Crippen MR) is 44.1 cm³/mol. The van der Waals surface area contributed by atoms with E-state index in [0.717, 1.165) is 7.11 Å². The summed E-state index contributed by atoms with van der Waals surface area (Å²) in [5.41, 5.74) is 0. The molecule has 2 unspecified atom stereocenters. The van der Waals surface area contributed by atoms with Crippen molar-refractivity contribution in [3.63, 3.8) is 0 Å². The van der Waals surface area contributed by atoms with Crippen LogP contribution in [-0.2, 0) is 14.3 Å². The minimum atomic E-state index is -1.47. The number of carbonyl (C=O) groups is 1. The maximum Gasteiger partial charge on any atom is 0.337 e. The number of rotatable bonds is 1. The Kier molecular flexibility index (Phi) is 3.43. The van der Waals surface area contributed by atoms with E-state index in [9.17, 15) is 20.1 Å². The molecule has 1 aliphatic heterocycles. The molecule has 6 nitrogen and oxygen atoms in total. The highest BCUT2D eigenvalue weighted by Crippen LogP contribution is 2.25. The molecule has 1 rings (SSSR count). The van der Waals surface area contributed by atoms with Crippen molar-refractivity contribution in [2.24, 2.45) is 5.92 Å². The van der Waals surface area contributed by atoms with Gasteiger partial charge in [-0.2, -0.15) is 0 Å². The molecule has 0 aromatic heterocycles. The van der Waals surface area contributed by atoms with Gasteiger partial charge in [-0.05, 0) is 0 Å². The van der Waals surface area contributed by atoms with Gasteiger partial charge in [0.25, 0.3) is 0 Å². The number of aliphatic hydroxyl groups excluding tert-OH is 3. The van der Waals surface area contributed by atoms with Gasteiger partial charge >= 0.3 is 5.97 Å². The fourth-order valence-electron chi connectivity index (χ4n) is 1.36. The van der Waals surface area contributed by atoms with Crippen molar-refractivity contribution in [2.75, 3.05) is 7.11 Å². The van der Waals surface area contributed by atoms with E-state index < -0.39 is 36.5 Å². The van der Waals surface area contributed by atoms with Crippen LogP contribution in [0.3, 0.4) is 0 Å². The quantitative estimate of drug-likeness (QED) is 0.440. The van der Waals surface area contributed by atoms with Crippen molar-refractivity contribution < 1.29 is 29.6 Å². The van der Waals surface area contributed by atoms with Crippen LogP contribution in [-0.4, -0.2) is 53.0 Å². The van der Waals surface area contributed by atoms with Gasteiger partial charge in [-0.25, -0.2) is 4.79 Å². The lowest BCUT2D eigenvalue weighted by Crippen LogP contribution is -2.56. The first kappa shape index (κ1) is 11.4. The van der Waals surface area contributed by atoms with Crippen LogP contribution in [0.5, 0.6) is 0 Å². The van der Waals surface area contributed by atoms with Crippen molar-refractivity contribution in [2.45, 2.75) is 31.5 Å². The summed E-state index contributed by atoms with van der Waals surface area (Å²) in [5.74, 6) is -1.42. The Hall–Kier alpha value is -0.690. The lowest BCUT2D eigenvalue weighted by atomic mass is 9.91. The number of hydrogen-bond acceptors (Lipinski definition) is 6. The third-order valence-corrected chi connectivity index (χ3v) is 2.40. The Balaban J connectivity index is 2.75. The van der Waals surface area contributed by atoms with E-state index in [0.29, 0.717) is 0 Å². The monoisotopic (exact) mass is 206 g/mol. The summed E-state index contributed by atoms with van der Waals surface area (Å²) in [6, 6.07) is 0. The van der Waals surface area contributed by atoms with Gasteiger partial charge in [-0.15, -0.1) is 0 Å². The molecule has 1 fully saturated rings. The van der Waals surface area contributed by atoms with E-state index in [1.54, 1.807) is 0 Å². The molecule has 0 aromatic rings. The topological polar surface area (TPSA) is 96.2 Å². The summed E-state index contributed by atoms with van der Waals surface area (Å²) < 4.78 is 9.09. The van der Waals surface area contributed by atoms with E-state index in [4.69, 9.17) is 4.74 Å². The molecule has 1 saturated heterocycles. The zero-order chi connectivity index (χ0) is 10.9. The molecule has 0 saturated carbocycles. The Morgan fingerprint density at radius 2 is 1.86 bits per heavy atom. The standard InChI is InChI=1S/C8H14O6/c1-3-4(9)6(8(12)13-2)14-7(11)5(3)10/h3-7,9-11H,1-2H3/t3-,4-,5?,6?,7+/m0/s1. The van der Waals surface area contributed by atoms with Gasteiger partial charge in [0.2, 0.25) is 0 Å². The van der Waals surface area contributed by atoms with Crippen LogP contribution in [0.1, 0.15) is 6.92 Å². The molecule has 0 amide bonds. The second-order valence-corrected chi connectivity index (χ2v) is 3.31. The summed E-state index contributed by atoms with van der Waals surface area (Å²) in [4.78, 5) is 11.1. The van der Waals surface area contributed by atoms with Gasteiger partial charge in [0.1, 0.15) is 6.10 Å². The molecule has 6 heteroatoms. The van der Waals surface area contributed by atoms with Gasteiger partial charge in [0.05, 0.1) is 13.2 Å². The minimum absolute atomic E-state index is 0.650. The van der Waals surface area contributed by atoms with Gasteiger partial charge in [-0.1, -0.05) is 6.92 Å². The SMILES string of the molecule is COC(=O)C1O[C@@H](O)C(O)[C@@H](C)[C@@H]1O. The molecule has 1 heterocycles. The zero-order valence-corrected chi connectivity index (χ0v) is 7.95. The van der Waals surface area contributed by atoms with Crippen molar-refractivity contribution in [3.8, 4) is 0 Å².